The molecule has 29 heavy (non-hydrogen) atoms. The maximum absolute atomic E-state index is 13.5. The van der Waals surface area contributed by atoms with Crippen molar-refractivity contribution >= 4 is 17.5 Å². The summed E-state index contributed by atoms with van der Waals surface area (Å²) in [5.41, 5.74) is 2.01. The number of methoxy groups -OCH3 is 2. The molecule has 0 bridgehead atoms. The number of piperidine rings is 1. The molecule has 1 N–H and O–H groups in total. The molecular weight excluding hydrogens is 368 g/mol. The van der Waals surface area contributed by atoms with E-state index in [1.54, 1.807) is 32.4 Å². The lowest BCUT2D eigenvalue weighted by molar-refractivity contribution is -0.119. The Balaban J connectivity index is 1.71. The molecule has 2 amide bonds. The van der Waals surface area contributed by atoms with Gasteiger partial charge in [-0.2, -0.15) is 0 Å². The molecule has 0 spiro atoms. The van der Waals surface area contributed by atoms with E-state index in [0.717, 1.165) is 18.4 Å². The number of carbonyl (C=O) groups excluding carboxylic acids is 2. The number of amides is 2. The fraction of sp³-hybridized carbons (Fsp3) is 0.391. The van der Waals surface area contributed by atoms with Gasteiger partial charge >= 0.3 is 0 Å². The van der Waals surface area contributed by atoms with Crippen molar-refractivity contribution in [3.05, 3.63) is 53.6 Å². The molecule has 6 heteroatoms. The second kappa shape index (κ2) is 7.78. The number of carbonyl (C=O) groups is 2. The van der Waals surface area contributed by atoms with Crippen molar-refractivity contribution in [1.29, 1.82) is 0 Å². The maximum Gasteiger partial charge on any atom is 0.254 e. The van der Waals surface area contributed by atoms with Gasteiger partial charge in [0.2, 0.25) is 5.91 Å². The van der Waals surface area contributed by atoms with Crippen LogP contribution in [-0.4, -0.2) is 43.5 Å². The Morgan fingerprint density at radius 2 is 1.93 bits per heavy atom. The molecule has 3 unspecified atom stereocenters. The number of anilines is 1. The SMILES string of the molecule is COc1ccc(NC(=O)C2c3ccccc3C(=O)N3CCC(C)CC23)c(OC)c1. The first-order valence-corrected chi connectivity index (χ1v) is 9.96. The molecule has 2 aliphatic heterocycles. The number of hydrogen-bond donors (Lipinski definition) is 1. The number of hydrogen-bond acceptors (Lipinski definition) is 4. The minimum atomic E-state index is -0.418. The predicted molar refractivity (Wildman–Crippen MR) is 111 cm³/mol. The third-order valence-corrected chi connectivity index (χ3v) is 6.03. The van der Waals surface area contributed by atoms with Gasteiger partial charge in [-0.15, -0.1) is 0 Å². The van der Waals surface area contributed by atoms with Crippen molar-refractivity contribution in [2.24, 2.45) is 5.92 Å². The zero-order chi connectivity index (χ0) is 20.5. The molecule has 0 saturated carbocycles. The molecule has 0 aliphatic carbocycles. The zero-order valence-electron chi connectivity index (χ0n) is 17.0. The van der Waals surface area contributed by atoms with Gasteiger partial charge in [0, 0.05) is 24.2 Å². The second-order valence-electron chi connectivity index (χ2n) is 7.82. The Morgan fingerprint density at radius 3 is 2.69 bits per heavy atom. The van der Waals surface area contributed by atoms with E-state index in [4.69, 9.17) is 9.47 Å². The van der Waals surface area contributed by atoms with E-state index in [9.17, 15) is 9.59 Å². The molecule has 2 heterocycles. The van der Waals surface area contributed by atoms with Gasteiger partial charge in [0.15, 0.2) is 0 Å². The lowest BCUT2D eigenvalue weighted by Crippen LogP contribution is -2.54. The summed E-state index contributed by atoms with van der Waals surface area (Å²) in [6.07, 6.45) is 1.78. The maximum atomic E-state index is 13.5. The van der Waals surface area contributed by atoms with Crippen LogP contribution in [0.15, 0.2) is 42.5 Å². The number of ether oxygens (including phenoxy) is 2. The van der Waals surface area contributed by atoms with Crippen LogP contribution in [0.2, 0.25) is 0 Å². The number of nitrogens with one attached hydrogen (secondary N) is 1. The molecule has 6 nitrogen and oxygen atoms in total. The largest absolute Gasteiger partial charge is 0.497 e. The van der Waals surface area contributed by atoms with Gasteiger partial charge in [0.1, 0.15) is 11.5 Å². The first-order valence-electron chi connectivity index (χ1n) is 9.96. The monoisotopic (exact) mass is 394 g/mol. The summed E-state index contributed by atoms with van der Waals surface area (Å²) in [4.78, 5) is 28.4. The molecule has 1 fully saturated rings. The zero-order valence-corrected chi connectivity index (χ0v) is 17.0. The highest BCUT2D eigenvalue weighted by Crippen LogP contribution is 2.40. The van der Waals surface area contributed by atoms with Crippen LogP contribution in [0.25, 0.3) is 0 Å². The van der Waals surface area contributed by atoms with Gasteiger partial charge in [0.05, 0.1) is 25.8 Å². The van der Waals surface area contributed by atoms with Gasteiger partial charge in [-0.3, -0.25) is 9.59 Å². The summed E-state index contributed by atoms with van der Waals surface area (Å²) >= 11 is 0. The van der Waals surface area contributed by atoms with Crippen molar-refractivity contribution in [3.8, 4) is 11.5 Å². The van der Waals surface area contributed by atoms with Gasteiger partial charge in [-0.25, -0.2) is 0 Å². The van der Waals surface area contributed by atoms with Crippen molar-refractivity contribution in [1.82, 2.24) is 4.90 Å². The molecule has 2 aromatic carbocycles. The van der Waals surface area contributed by atoms with Gasteiger partial charge in [0.25, 0.3) is 5.91 Å². The van der Waals surface area contributed by atoms with E-state index in [-0.39, 0.29) is 17.9 Å². The van der Waals surface area contributed by atoms with E-state index in [1.165, 1.54) is 0 Å². The van der Waals surface area contributed by atoms with E-state index in [0.29, 0.717) is 35.2 Å². The quantitative estimate of drug-likeness (QED) is 0.859. The number of fused-ring (bicyclic) bond motifs is 2. The van der Waals surface area contributed by atoms with Crippen LogP contribution >= 0.6 is 0 Å². The van der Waals surface area contributed by atoms with E-state index in [2.05, 4.69) is 12.2 Å². The minimum absolute atomic E-state index is 0.0311. The first-order chi connectivity index (χ1) is 14.0. The van der Waals surface area contributed by atoms with Gasteiger partial charge in [-0.05, 0) is 42.5 Å². The molecule has 2 aliphatic rings. The summed E-state index contributed by atoms with van der Waals surface area (Å²) < 4.78 is 10.7. The molecule has 0 aromatic heterocycles. The van der Waals surface area contributed by atoms with Crippen molar-refractivity contribution in [2.75, 3.05) is 26.1 Å². The number of nitrogens with zero attached hydrogens (tertiary/aromatic N) is 1. The van der Waals surface area contributed by atoms with Crippen LogP contribution in [0.3, 0.4) is 0 Å². The smallest absolute Gasteiger partial charge is 0.254 e. The summed E-state index contributed by atoms with van der Waals surface area (Å²) in [6, 6.07) is 12.6. The van der Waals surface area contributed by atoms with E-state index >= 15 is 0 Å². The van der Waals surface area contributed by atoms with Crippen LogP contribution in [-0.2, 0) is 4.79 Å². The molecular formula is C23H26N2O4. The highest BCUT2D eigenvalue weighted by atomic mass is 16.5. The number of benzene rings is 2. The summed E-state index contributed by atoms with van der Waals surface area (Å²) in [5, 5.41) is 3.03. The third kappa shape index (κ3) is 3.43. The summed E-state index contributed by atoms with van der Waals surface area (Å²) in [7, 11) is 3.14. The Morgan fingerprint density at radius 1 is 1.14 bits per heavy atom. The van der Waals surface area contributed by atoms with Crippen molar-refractivity contribution in [3.63, 3.8) is 0 Å². The van der Waals surface area contributed by atoms with Gasteiger partial charge in [-0.1, -0.05) is 25.1 Å². The average molecular weight is 394 g/mol. The lowest BCUT2D eigenvalue weighted by atomic mass is 9.76. The molecule has 4 rings (SSSR count). The molecule has 3 atom stereocenters. The van der Waals surface area contributed by atoms with Crippen LogP contribution in [0, 0.1) is 5.92 Å². The molecule has 1 saturated heterocycles. The standard InChI is InChI=1S/C23H26N2O4/c1-14-10-11-25-19(12-14)21(16-6-4-5-7-17(16)23(25)27)22(26)24-18-9-8-15(28-2)13-20(18)29-3/h4-9,13-14,19,21H,10-12H2,1-3H3,(H,24,26). The Labute approximate surface area is 170 Å². The molecule has 152 valence electrons. The van der Waals surface area contributed by atoms with Crippen LogP contribution in [0.5, 0.6) is 11.5 Å². The molecule has 0 radical (unpaired) electrons. The normalized spacial score (nSPS) is 23.1. The van der Waals surface area contributed by atoms with Crippen LogP contribution < -0.4 is 14.8 Å². The predicted octanol–water partition coefficient (Wildman–Crippen LogP) is 3.68. The topological polar surface area (TPSA) is 67.9 Å². The first kappa shape index (κ1) is 19.3. The highest BCUT2D eigenvalue weighted by Gasteiger charge is 2.45. The lowest BCUT2D eigenvalue weighted by Gasteiger charge is -2.46. The minimum Gasteiger partial charge on any atom is -0.497 e. The average Bonchev–Trinajstić information content (AvgIpc) is 2.74. The Bertz CT molecular complexity index is 942. The fourth-order valence-electron chi connectivity index (χ4n) is 4.50. The van der Waals surface area contributed by atoms with Crippen LogP contribution in [0.4, 0.5) is 5.69 Å². The van der Waals surface area contributed by atoms with Crippen molar-refractivity contribution in [2.45, 2.75) is 31.7 Å². The fourth-order valence-corrected chi connectivity index (χ4v) is 4.50. The van der Waals surface area contributed by atoms with E-state index in [1.807, 2.05) is 29.2 Å². The van der Waals surface area contributed by atoms with Crippen molar-refractivity contribution < 1.29 is 19.1 Å². The second-order valence-corrected chi connectivity index (χ2v) is 7.82. The Hall–Kier alpha value is -3.02. The highest BCUT2D eigenvalue weighted by molar-refractivity contribution is 6.04. The van der Waals surface area contributed by atoms with Crippen LogP contribution in [0.1, 0.15) is 41.6 Å². The Kier molecular flexibility index (Phi) is 5.18. The van der Waals surface area contributed by atoms with E-state index < -0.39 is 5.92 Å². The summed E-state index contributed by atoms with van der Waals surface area (Å²) in [5.74, 6) is 1.15. The number of rotatable bonds is 4. The van der Waals surface area contributed by atoms with Gasteiger partial charge < -0.3 is 19.7 Å². The summed E-state index contributed by atoms with van der Waals surface area (Å²) in [6.45, 7) is 2.87. The molecule has 2 aromatic rings. The third-order valence-electron chi connectivity index (χ3n) is 6.03.